The number of carbonyl (C=O) groups excluding carboxylic acids is 2. The minimum atomic E-state index is -0.896. The zero-order chi connectivity index (χ0) is 15.4. The molecule has 0 fully saturated rings. The minimum Gasteiger partial charge on any atom is -0.449 e. The third-order valence-corrected chi connectivity index (χ3v) is 2.99. The molecule has 2 aromatic rings. The Bertz CT molecular complexity index is 664. The van der Waals surface area contributed by atoms with Crippen LogP contribution in [0.3, 0.4) is 0 Å². The van der Waals surface area contributed by atoms with Gasteiger partial charge in [-0.15, -0.1) is 0 Å². The van der Waals surface area contributed by atoms with Gasteiger partial charge in [-0.25, -0.2) is 4.79 Å². The molecule has 0 aliphatic carbocycles. The highest BCUT2D eigenvalue weighted by Crippen LogP contribution is 2.11. The zero-order valence-electron chi connectivity index (χ0n) is 12.1. The van der Waals surface area contributed by atoms with Crippen molar-refractivity contribution < 1.29 is 14.3 Å². The van der Waals surface area contributed by atoms with Gasteiger partial charge in [-0.1, -0.05) is 12.1 Å². The fraction of sp³-hybridized carbons (Fsp3) is 0.267. The Labute approximate surface area is 122 Å². The van der Waals surface area contributed by atoms with Crippen LogP contribution in [-0.4, -0.2) is 28.2 Å². The van der Waals surface area contributed by atoms with E-state index in [1.807, 2.05) is 25.1 Å². The summed E-state index contributed by atoms with van der Waals surface area (Å²) in [5, 5.41) is 9.10. The number of hydrogen-bond acceptors (Lipinski definition) is 4. The van der Waals surface area contributed by atoms with Gasteiger partial charge in [0.1, 0.15) is 5.56 Å². The van der Waals surface area contributed by atoms with Crippen LogP contribution in [-0.2, 0) is 9.53 Å². The van der Waals surface area contributed by atoms with E-state index < -0.39 is 12.1 Å². The predicted molar refractivity (Wildman–Crippen MR) is 78.0 cm³/mol. The molecular formula is C15H17N3O3. The number of nitrogens with zero attached hydrogens (tertiary/aromatic N) is 1. The summed E-state index contributed by atoms with van der Waals surface area (Å²) in [5.41, 5.74) is 2.63. The van der Waals surface area contributed by atoms with Crippen molar-refractivity contribution >= 4 is 17.6 Å². The van der Waals surface area contributed by atoms with E-state index in [0.29, 0.717) is 16.9 Å². The van der Waals surface area contributed by atoms with Crippen molar-refractivity contribution in [3.05, 3.63) is 47.3 Å². The van der Waals surface area contributed by atoms with Crippen LogP contribution in [0.1, 0.15) is 28.5 Å². The number of carbonyl (C=O) groups is 2. The predicted octanol–water partition coefficient (Wildman–Crippen LogP) is 2.21. The molecule has 0 aliphatic heterocycles. The van der Waals surface area contributed by atoms with Crippen LogP contribution in [0.2, 0.25) is 0 Å². The number of hydrogen-bond donors (Lipinski definition) is 2. The van der Waals surface area contributed by atoms with Gasteiger partial charge >= 0.3 is 5.97 Å². The molecule has 1 aromatic heterocycles. The first kappa shape index (κ1) is 14.8. The second kappa shape index (κ2) is 6.21. The summed E-state index contributed by atoms with van der Waals surface area (Å²) < 4.78 is 5.13. The highest BCUT2D eigenvalue weighted by Gasteiger charge is 2.21. The van der Waals surface area contributed by atoms with Gasteiger partial charge in [0.05, 0.1) is 6.20 Å². The smallest absolute Gasteiger partial charge is 0.342 e. The molecule has 1 amide bonds. The highest BCUT2D eigenvalue weighted by atomic mass is 16.5. The molecule has 1 unspecified atom stereocenters. The molecule has 0 bridgehead atoms. The van der Waals surface area contributed by atoms with Gasteiger partial charge in [-0.3, -0.25) is 9.89 Å². The van der Waals surface area contributed by atoms with Crippen molar-refractivity contribution in [2.24, 2.45) is 0 Å². The number of ether oxygens (including phenoxy) is 1. The fourth-order valence-electron chi connectivity index (χ4n) is 1.80. The van der Waals surface area contributed by atoms with Gasteiger partial charge in [0.25, 0.3) is 5.91 Å². The van der Waals surface area contributed by atoms with E-state index in [-0.39, 0.29) is 5.91 Å². The molecule has 0 saturated carbocycles. The van der Waals surface area contributed by atoms with Gasteiger partial charge in [0.2, 0.25) is 0 Å². The molecule has 0 radical (unpaired) electrons. The van der Waals surface area contributed by atoms with Crippen molar-refractivity contribution in [2.75, 3.05) is 5.32 Å². The molecule has 6 heteroatoms. The standard InChI is InChI=1S/C15H17N3O3/c1-9-5-4-6-12(7-9)17-14(19)11(3)21-15(20)13-8-16-18-10(13)2/h4-8,11H,1-3H3,(H,16,18)(H,17,19). The number of aromatic amines is 1. The van der Waals surface area contributed by atoms with E-state index in [9.17, 15) is 9.59 Å². The van der Waals surface area contributed by atoms with Gasteiger partial charge in [-0.05, 0) is 38.5 Å². The average molecular weight is 287 g/mol. The summed E-state index contributed by atoms with van der Waals surface area (Å²) in [4.78, 5) is 23.9. The zero-order valence-corrected chi connectivity index (χ0v) is 12.1. The van der Waals surface area contributed by atoms with Crippen molar-refractivity contribution in [1.82, 2.24) is 10.2 Å². The lowest BCUT2D eigenvalue weighted by molar-refractivity contribution is -0.123. The molecule has 2 N–H and O–H groups in total. The van der Waals surface area contributed by atoms with Gasteiger partial charge in [0.15, 0.2) is 6.10 Å². The van der Waals surface area contributed by atoms with E-state index >= 15 is 0 Å². The molecule has 0 spiro atoms. The number of benzene rings is 1. The minimum absolute atomic E-state index is 0.324. The Morgan fingerprint density at radius 2 is 2.10 bits per heavy atom. The Morgan fingerprint density at radius 1 is 1.33 bits per heavy atom. The van der Waals surface area contributed by atoms with E-state index in [0.717, 1.165) is 5.56 Å². The summed E-state index contributed by atoms with van der Waals surface area (Å²) >= 11 is 0. The first-order valence-electron chi connectivity index (χ1n) is 6.56. The lowest BCUT2D eigenvalue weighted by Crippen LogP contribution is -2.30. The lowest BCUT2D eigenvalue weighted by Gasteiger charge is -2.13. The van der Waals surface area contributed by atoms with E-state index in [2.05, 4.69) is 15.5 Å². The number of aromatic nitrogens is 2. The molecule has 2 rings (SSSR count). The Kier molecular flexibility index (Phi) is 4.37. The first-order valence-corrected chi connectivity index (χ1v) is 6.56. The normalized spacial score (nSPS) is 11.8. The maximum atomic E-state index is 12.0. The SMILES string of the molecule is Cc1cccc(NC(=O)C(C)OC(=O)c2cn[nH]c2C)c1. The molecule has 1 atom stereocenters. The maximum Gasteiger partial charge on any atom is 0.342 e. The third kappa shape index (κ3) is 3.68. The average Bonchev–Trinajstić information content (AvgIpc) is 2.85. The van der Waals surface area contributed by atoms with Gasteiger partial charge < -0.3 is 10.1 Å². The van der Waals surface area contributed by atoms with Gasteiger partial charge in [0, 0.05) is 11.4 Å². The first-order chi connectivity index (χ1) is 9.97. The van der Waals surface area contributed by atoms with Crippen molar-refractivity contribution in [3.63, 3.8) is 0 Å². The van der Waals surface area contributed by atoms with E-state index in [1.54, 1.807) is 13.0 Å². The summed E-state index contributed by atoms with van der Waals surface area (Å²) in [6, 6.07) is 7.39. The number of H-pyrrole nitrogens is 1. The lowest BCUT2D eigenvalue weighted by atomic mass is 10.2. The summed E-state index contributed by atoms with van der Waals surface area (Å²) in [7, 11) is 0. The number of amides is 1. The van der Waals surface area contributed by atoms with Crippen LogP contribution >= 0.6 is 0 Å². The van der Waals surface area contributed by atoms with Crippen molar-refractivity contribution in [2.45, 2.75) is 26.9 Å². The van der Waals surface area contributed by atoms with Crippen LogP contribution in [0.25, 0.3) is 0 Å². The summed E-state index contributed by atoms with van der Waals surface area (Å²) in [5.74, 6) is -0.955. The number of anilines is 1. The van der Waals surface area contributed by atoms with E-state index in [4.69, 9.17) is 4.74 Å². The van der Waals surface area contributed by atoms with Crippen LogP contribution in [0.15, 0.2) is 30.5 Å². The Hall–Kier alpha value is -2.63. The number of aryl methyl sites for hydroxylation is 2. The molecule has 110 valence electrons. The second-order valence-electron chi connectivity index (χ2n) is 4.81. The van der Waals surface area contributed by atoms with Crippen LogP contribution in [0.4, 0.5) is 5.69 Å². The molecule has 21 heavy (non-hydrogen) atoms. The fourth-order valence-corrected chi connectivity index (χ4v) is 1.80. The molecular weight excluding hydrogens is 270 g/mol. The Morgan fingerprint density at radius 3 is 2.71 bits per heavy atom. The molecule has 1 heterocycles. The molecule has 0 saturated heterocycles. The summed E-state index contributed by atoms with van der Waals surface area (Å²) in [6.07, 6.45) is 0.482. The number of rotatable bonds is 4. The highest BCUT2D eigenvalue weighted by molar-refractivity contribution is 5.97. The number of esters is 1. The second-order valence-corrected chi connectivity index (χ2v) is 4.81. The van der Waals surface area contributed by atoms with Crippen LogP contribution in [0.5, 0.6) is 0 Å². The number of nitrogens with one attached hydrogen (secondary N) is 2. The topological polar surface area (TPSA) is 84.1 Å². The quantitative estimate of drug-likeness (QED) is 0.844. The monoisotopic (exact) mass is 287 g/mol. The van der Waals surface area contributed by atoms with Gasteiger partial charge in [-0.2, -0.15) is 5.10 Å². The van der Waals surface area contributed by atoms with Crippen LogP contribution in [0, 0.1) is 13.8 Å². The van der Waals surface area contributed by atoms with Crippen molar-refractivity contribution in [1.29, 1.82) is 0 Å². The summed E-state index contributed by atoms with van der Waals surface area (Å²) in [6.45, 7) is 5.17. The Balaban J connectivity index is 1.97. The maximum absolute atomic E-state index is 12.0. The third-order valence-electron chi connectivity index (χ3n) is 2.99. The van der Waals surface area contributed by atoms with Crippen LogP contribution < -0.4 is 5.32 Å². The molecule has 0 aliphatic rings. The molecule has 6 nitrogen and oxygen atoms in total. The molecule has 1 aromatic carbocycles. The van der Waals surface area contributed by atoms with E-state index in [1.165, 1.54) is 13.1 Å². The largest absolute Gasteiger partial charge is 0.449 e. The van der Waals surface area contributed by atoms with Crippen molar-refractivity contribution in [3.8, 4) is 0 Å².